The number of hydrogen-bond acceptors (Lipinski definition) is 4. The predicted molar refractivity (Wildman–Crippen MR) is 120 cm³/mol. The van der Waals surface area contributed by atoms with E-state index in [-0.39, 0.29) is 24.3 Å². The van der Waals surface area contributed by atoms with Gasteiger partial charge in [0, 0.05) is 61.1 Å². The largest absolute Gasteiger partial charge is 0.336 e. The van der Waals surface area contributed by atoms with Crippen LogP contribution < -0.4 is 10.2 Å². The van der Waals surface area contributed by atoms with Gasteiger partial charge in [0.25, 0.3) is 5.91 Å². The number of benzene rings is 2. The summed E-state index contributed by atoms with van der Waals surface area (Å²) in [5.74, 6) is -0.0342. The van der Waals surface area contributed by atoms with Crippen LogP contribution in [0.3, 0.4) is 0 Å². The second-order valence-electron chi connectivity index (χ2n) is 7.83. The Morgan fingerprint density at radius 1 is 0.968 bits per heavy atom. The summed E-state index contributed by atoms with van der Waals surface area (Å²) < 4.78 is 0. The van der Waals surface area contributed by atoms with E-state index < -0.39 is 0 Å². The summed E-state index contributed by atoms with van der Waals surface area (Å²) in [7, 11) is 0. The molecule has 0 atom stereocenters. The molecule has 2 heterocycles. The number of anilines is 2. The molecule has 0 bridgehead atoms. The Morgan fingerprint density at radius 2 is 1.74 bits per heavy atom. The Labute approximate surface area is 186 Å². The lowest BCUT2D eigenvalue weighted by Gasteiger charge is -2.34. The maximum atomic E-state index is 12.6. The number of amides is 3. The highest BCUT2D eigenvalue weighted by Crippen LogP contribution is 2.24. The van der Waals surface area contributed by atoms with Crippen LogP contribution >= 0.6 is 11.6 Å². The number of hydrogen-bond donors (Lipinski definition) is 1. The number of carbonyl (C=O) groups excluding carboxylic acids is 3. The molecule has 7 nitrogen and oxygen atoms in total. The van der Waals surface area contributed by atoms with E-state index in [1.54, 1.807) is 34.1 Å². The van der Waals surface area contributed by atoms with Crippen molar-refractivity contribution in [1.29, 1.82) is 0 Å². The molecule has 2 aromatic rings. The molecule has 2 saturated heterocycles. The first-order valence-corrected chi connectivity index (χ1v) is 10.8. The highest BCUT2D eigenvalue weighted by molar-refractivity contribution is 6.30. The fourth-order valence-electron chi connectivity index (χ4n) is 3.99. The fraction of sp³-hybridized carbons (Fsp3) is 0.348. The van der Waals surface area contributed by atoms with E-state index in [1.165, 1.54) is 0 Å². The van der Waals surface area contributed by atoms with Gasteiger partial charge < -0.3 is 15.1 Å². The van der Waals surface area contributed by atoms with Crippen molar-refractivity contribution < 1.29 is 14.4 Å². The lowest BCUT2D eigenvalue weighted by atomic mass is 10.2. The van der Waals surface area contributed by atoms with Crippen LogP contribution in [0.4, 0.5) is 11.4 Å². The van der Waals surface area contributed by atoms with Crippen LogP contribution in [0.5, 0.6) is 0 Å². The maximum Gasteiger partial charge on any atom is 0.253 e. The van der Waals surface area contributed by atoms with Gasteiger partial charge in [0.1, 0.15) is 0 Å². The van der Waals surface area contributed by atoms with Crippen LogP contribution in [0.25, 0.3) is 0 Å². The van der Waals surface area contributed by atoms with Crippen LogP contribution in [0.1, 0.15) is 23.2 Å². The van der Waals surface area contributed by atoms with Crippen LogP contribution in [0.15, 0.2) is 48.5 Å². The van der Waals surface area contributed by atoms with Crippen molar-refractivity contribution in [2.75, 3.05) is 49.5 Å². The Bertz CT molecular complexity index is 988. The maximum absolute atomic E-state index is 12.6. The molecule has 0 spiro atoms. The SMILES string of the molecule is O=C(CN1CCN(C(=O)c2cccc(Cl)c2)CC1)Nc1cccc(N2CCCC2=O)c1. The van der Waals surface area contributed by atoms with E-state index >= 15 is 0 Å². The van der Waals surface area contributed by atoms with E-state index in [1.807, 2.05) is 29.2 Å². The normalized spacial score (nSPS) is 17.1. The summed E-state index contributed by atoms with van der Waals surface area (Å²) in [5, 5.41) is 3.46. The van der Waals surface area contributed by atoms with Gasteiger partial charge in [-0.1, -0.05) is 23.7 Å². The zero-order chi connectivity index (χ0) is 21.8. The molecular formula is C23H25ClN4O3. The van der Waals surface area contributed by atoms with E-state index in [2.05, 4.69) is 5.32 Å². The van der Waals surface area contributed by atoms with E-state index in [9.17, 15) is 14.4 Å². The highest BCUT2D eigenvalue weighted by atomic mass is 35.5. The van der Waals surface area contributed by atoms with Crippen LogP contribution in [0, 0.1) is 0 Å². The van der Waals surface area contributed by atoms with Crippen molar-refractivity contribution in [2.24, 2.45) is 0 Å². The molecular weight excluding hydrogens is 416 g/mol. The minimum atomic E-state index is -0.112. The molecule has 0 radical (unpaired) electrons. The van der Waals surface area contributed by atoms with Crippen molar-refractivity contribution >= 4 is 40.7 Å². The number of nitrogens with zero attached hydrogens (tertiary/aromatic N) is 3. The van der Waals surface area contributed by atoms with E-state index in [0.717, 1.165) is 12.1 Å². The van der Waals surface area contributed by atoms with Gasteiger partial charge in [-0.2, -0.15) is 0 Å². The summed E-state index contributed by atoms with van der Waals surface area (Å²) in [6.45, 7) is 3.35. The van der Waals surface area contributed by atoms with Crippen molar-refractivity contribution in [1.82, 2.24) is 9.80 Å². The van der Waals surface area contributed by atoms with Gasteiger partial charge in [-0.25, -0.2) is 0 Å². The van der Waals surface area contributed by atoms with Crippen molar-refractivity contribution in [3.63, 3.8) is 0 Å². The van der Waals surface area contributed by atoms with Gasteiger partial charge in [0.15, 0.2) is 0 Å². The zero-order valence-electron chi connectivity index (χ0n) is 17.2. The topological polar surface area (TPSA) is 73.0 Å². The summed E-state index contributed by atoms with van der Waals surface area (Å²) >= 11 is 5.99. The lowest BCUT2D eigenvalue weighted by molar-refractivity contribution is -0.118. The quantitative estimate of drug-likeness (QED) is 0.776. The van der Waals surface area contributed by atoms with Gasteiger partial charge in [0.05, 0.1) is 6.54 Å². The molecule has 3 amide bonds. The number of halogens is 1. The second kappa shape index (κ2) is 9.49. The number of carbonyl (C=O) groups is 3. The molecule has 2 aliphatic heterocycles. The van der Waals surface area contributed by atoms with Gasteiger partial charge in [-0.05, 0) is 42.8 Å². The van der Waals surface area contributed by atoms with Gasteiger partial charge >= 0.3 is 0 Å². The molecule has 0 aliphatic carbocycles. The molecule has 2 aliphatic rings. The van der Waals surface area contributed by atoms with E-state index in [4.69, 9.17) is 11.6 Å². The van der Waals surface area contributed by atoms with Gasteiger partial charge in [-0.15, -0.1) is 0 Å². The Morgan fingerprint density at radius 3 is 2.45 bits per heavy atom. The van der Waals surface area contributed by atoms with Crippen LogP contribution in [0.2, 0.25) is 5.02 Å². The van der Waals surface area contributed by atoms with Gasteiger partial charge in [0.2, 0.25) is 11.8 Å². The van der Waals surface area contributed by atoms with Crippen molar-refractivity contribution in [3.05, 3.63) is 59.1 Å². The molecule has 0 unspecified atom stereocenters. The molecule has 8 heteroatoms. The minimum Gasteiger partial charge on any atom is -0.336 e. The predicted octanol–water partition coefficient (Wildman–Crippen LogP) is 2.86. The fourth-order valence-corrected chi connectivity index (χ4v) is 4.18. The average Bonchev–Trinajstić information content (AvgIpc) is 3.20. The molecule has 31 heavy (non-hydrogen) atoms. The third-order valence-electron chi connectivity index (χ3n) is 5.61. The molecule has 0 aromatic heterocycles. The average molecular weight is 441 g/mol. The molecule has 2 fully saturated rings. The Balaban J connectivity index is 1.28. The zero-order valence-corrected chi connectivity index (χ0v) is 18.0. The summed E-state index contributed by atoms with van der Waals surface area (Å²) in [6, 6.07) is 14.3. The summed E-state index contributed by atoms with van der Waals surface area (Å²) in [4.78, 5) is 42.7. The first kappa shape index (κ1) is 21.3. The first-order chi connectivity index (χ1) is 15.0. The molecule has 0 saturated carbocycles. The molecule has 4 rings (SSSR count). The first-order valence-electron chi connectivity index (χ1n) is 10.5. The molecule has 162 valence electrons. The third-order valence-corrected chi connectivity index (χ3v) is 5.85. The Kier molecular flexibility index (Phi) is 6.53. The van der Waals surface area contributed by atoms with Crippen LogP contribution in [-0.4, -0.2) is 66.8 Å². The number of piperazine rings is 1. The monoisotopic (exact) mass is 440 g/mol. The second-order valence-corrected chi connectivity index (χ2v) is 8.26. The van der Waals surface area contributed by atoms with Crippen molar-refractivity contribution in [2.45, 2.75) is 12.8 Å². The molecule has 2 aromatic carbocycles. The lowest BCUT2D eigenvalue weighted by Crippen LogP contribution is -2.50. The highest BCUT2D eigenvalue weighted by Gasteiger charge is 2.24. The third kappa shape index (κ3) is 5.24. The van der Waals surface area contributed by atoms with Crippen molar-refractivity contribution in [3.8, 4) is 0 Å². The standard InChI is InChI=1S/C23H25ClN4O3/c24-18-5-1-4-17(14-18)23(31)27-12-10-26(11-13-27)16-21(29)25-19-6-2-7-20(15-19)28-9-3-8-22(28)30/h1-2,4-7,14-15H,3,8-13,16H2,(H,25,29). The van der Waals surface area contributed by atoms with Crippen LogP contribution in [-0.2, 0) is 9.59 Å². The summed E-state index contributed by atoms with van der Waals surface area (Å²) in [6.07, 6.45) is 1.43. The smallest absolute Gasteiger partial charge is 0.253 e. The number of nitrogens with one attached hydrogen (secondary N) is 1. The molecule has 1 N–H and O–H groups in total. The van der Waals surface area contributed by atoms with E-state index in [0.29, 0.717) is 55.4 Å². The minimum absolute atomic E-state index is 0.0418. The van der Waals surface area contributed by atoms with Gasteiger partial charge in [-0.3, -0.25) is 19.3 Å². The number of rotatable bonds is 5. The summed E-state index contributed by atoms with van der Waals surface area (Å²) in [5.41, 5.74) is 2.07. The Hall–Kier alpha value is -2.90.